The Morgan fingerprint density at radius 1 is 0.977 bits per heavy atom. The fraction of sp³-hybridized carbons (Fsp3) is 0.156. The van der Waals surface area contributed by atoms with Gasteiger partial charge in [0.1, 0.15) is 5.56 Å². The molecule has 11 heteroatoms. The fourth-order valence-corrected chi connectivity index (χ4v) is 4.27. The van der Waals surface area contributed by atoms with Gasteiger partial charge in [-0.25, -0.2) is 23.4 Å². The molecule has 0 aliphatic rings. The number of benzene rings is 3. The summed E-state index contributed by atoms with van der Waals surface area (Å²) in [4.78, 5) is 36.5. The van der Waals surface area contributed by atoms with Gasteiger partial charge in [-0.1, -0.05) is 30.0 Å². The largest absolute Gasteiger partial charge is 0.341 e. The molecule has 2 aromatic heterocycles. The van der Waals surface area contributed by atoms with Gasteiger partial charge in [0.2, 0.25) is 5.95 Å². The molecule has 0 saturated heterocycles. The second kappa shape index (κ2) is 13.0. The first-order valence-electron chi connectivity index (χ1n) is 13.3. The summed E-state index contributed by atoms with van der Waals surface area (Å²) in [6, 6.07) is 18.2. The molecule has 0 unspecified atom stereocenters. The SMILES string of the molecule is CN(C)Cc1ccc(Nc2ncc3cc(C#CCNC(=O)c4ccnn(Cc5ccc(F)c(F)c5)c4=O)ccc3n2)cc1. The van der Waals surface area contributed by atoms with Crippen LogP contribution in [0.3, 0.4) is 0 Å². The Balaban J connectivity index is 1.19. The van der Waals surface area contributed by atoms with Gasteiger partial charge in [-0.2, -0.15) is 5.10 Å². The zero-order valence-electron chi connectivity index (χ0n) is 23.4. The summed E-state index contributed by atoms with van der Waals surface area (Å²) in [6.07, 6.45) is 3.01. The predicted octanol–water partition coefficient (Wildman–Crippen LogP) is 4.10. The molecule has 2 N–H and O–H groups in total. The number of nitrogens with zero attached hydrogens (tertiary/aromatic N) is 5. The summed E-state index contributed by atoms with van der Waals surface area (Å²) in [7, 11) is 4.05. The second-order valence-electron chi connectivity index (χ2n) is 9.97. The van der Waals surface area contributed by atoms with Crippen LogP contribution in [0.25, 0.3) is 10.9 Å². The molecule has 0 fully saturated rings. The van der Waals surface area contributed by atoms with Gasteiger partial charge in [0.25, 0.3) is 11.5 Å². The molecule has 0 aliphatic heterocycles. The van der Waals surface area contributed by atoms with Crippen LogP contribution in [-0.2, 0) is 13.1 Å². The summed E-state index contributed by atoms with van der Waals surface area (Å²) in [5.74, 6) is 3.69. The van der Waals surface area contributed by atoms with Crippen LogP contribution in [0, 0.1) is 23.5 Å². The average Bonchev–Trinajstić information content (AvgIpc) is 2.99. The van der Waals surface area contributed by atoms with Gasteiger partial charge in [0.15, 0.2) is 11.6 Å². The Morgan fingerprint density at radius 3 is 2.53 bits per heavy atom. The van der Waals surface area contributed by atoms with Crippen molar-refractivity contribution < 1.29 is 13.6 Å². The van der Waals surface area contributed by atoms with E-state index in [2.05, 4.69) is 54.6 Å². The third kappa shape index (κ3) is 7.44. The van der Waals surface area contributed by atoms with Crippen molar-refractivity contribution in [2.75, 3.05) is 26.0 Å². The maximum atomic E-state index is 13.5. The van der Waals surface area contributed by atoms with Crippen LogP contribution < -0.4 is 16.2 Å². The van der Waals surface area contributed by atoms with Crippen LogP contribution in [0.4, 0.5) is 20.4 Å². The molecule has 2 heterocycles. The molecule has 5 rings (SSSR count). The maximum absolute atomic E-state index is 13.5. The van der Waals surface area contributed by atoms with Gasteiger partial charge in [-0.3, -0.25) is 9.59 Å². The highest BCUT2D eigenvalue weighted by Gasteiger charge is 2.13. The number of nitrogens with one attached hydrogen (secondary N) is 2. The maximum Gasteiger partial charge on any atom is 0.279 e. The van der Waals surface area contributed by atoms with E-state index in [9.17, 15) is 18.4 Å². The molecule has 0 spiro atoms. The smallest absolute Gasteiger partial charge is 0.279 e. The van der Waals surface area contributed by atoms with E-state index >= 15 is 0 Å². The Morgan fingerprint density at radius 2 is 1.77 bits per heavy atom. The van der Waals surface area contributed by atoms with Gasteiger partial charge in [-0.15, -0.1) is 0 Å². The topological polar surface area (TPSA) is 105 Å². The molecule has 0 bridgehead atoms. The molecular weight excluding hydrogens is 552 g/mol. The minimum atomic E-state index is -1.03. The first-order chi connectivity index (χ1) is 20.7. The van der Waals surface area contributed by atoms with E-state index in [1.807, 2.05) is 44.4 Å². The number of amides is 1. The standard InChI is InChI=1S/C32H27F2N7O2/c1-40(2)19-22-5-9-25(10-6-22)38-32-36-18-24-16-21(8-12-29(24)39-32)4-3-14-35-30(42)26-13-15-37-41(31(26)43)20-23-7-11-27(33)28(34)17-23/h5-13,15-18H,14,19-20H2,1-2H3,(H,35,42)(H,36,38,39). The number of carbonyl (C=O) groups is 1. The third-order valence-electron chi connectivity index (χ3n) is 6.33. The molecule has 0 aliphatic carbocycles. The number of hydrogen-bond donors (Lipinski definition) is 2. The lowest BCUT2D eigenvalue weighted by molar-refractivity contribution is 0.0956. The molecule has 0 saturated carbocycles. The Hall–Kier alpha value is -5.47. The molecular formula is C32H27F2N7O2. The summed E-state index contributed by atoms with van der Waals surface area (Å²) < 4.78 is 27.7. The lowest BCUT2D eigenvalue weighted by Gasteiger charge is -2.10. The summed E-state index contributed by atoms with van der Waals surface area (Å²) >= 11 is 0. The average molecular weight is 580 g/mol. The fourth-order valence-electron chi connectivity index (χ4n) is 4.27. The van der Waals surface area contributed by atoms with E-state index in [-0.39, 0.29) is 18.7 Å². The summed E-state index contributed by atoms with van der Waals surface area (Å²) in [5, 5.41) is 10.6. The van der Waals surface area contributed by atoms with E-state index in [1.54, 1.807) is 6.20 Å². The lowest BCUT2D eigenvalue weighted by atomic mass is 10.1. The monoisotopic (exact) mass is 579 g/mol. The molecule has 3 aromatic carbocycles. The lowest BCUT2D eigenvalue weighted by Crippen LogP contribution is -2.34. The van der Waals surface area contributed by atoms with E-state index in [1.165, 1.54) is 23.9 Å². The van der Waals surface area contributed by atoms with E-state index in [0.717, 1.165) is 39.9 Å². The minimum absolute atomic E-state index is 0.00546. The Kier molecular flexibility index (Phi) is 8.79. The first-order valence-corrected chi connectivity index (χ1v) is 13.3. The minimum Gasteiger partial charge on any atom is -0.341 e. The van der Waals surface area contributed by atoms with Gasteiger partial charge in [-0.05, 0) is 73.8 Å². The Bertz CT molecular complexity index is 1910. The molecule has 0 radical (unpaired) electrons. The quantitative estimate of drug-likeness (QED) is 0.267. The number of halogens is 2. The molecule has 1 amide bonds. The highest BCUT2D eigenvalue weighted by atomic mass is 19.2. The molecule has 216 valence electrons. The summed E-state index contributed by atoms with van der Waals surface area (Å²) in [6.45, 7) is 0.735. The normalized spacial score (nSPS) is 10.8. The van der Waals surface area contributed by atoms with Crippen molar-refractivity contribution in [2.24, 2.45) is 0 Å². The number of anilines is 2. The van der Waals surface area contributed by atoms with E-state index in [0.29, 0.717) is 17.1 Å². The number of rotatable bonds is 8. The van der Waals surface area contributed by atoms with Crippen molar-refractivity contribution in [3.63, 3.8) is 0 Å². The zero-order valence-corrected chi connectivity index (χ0v) is 23.4. The highest BCUT2D eigenvalue weighted by molar-refractivity contribution is 5.93. The van der Waals surface area contributed by atoms with Crippen molar-refractivity contribution in [3.8, 4) is 11.8 Å². The third-order valence-corrected chi connectivity index (χ3v) is 6.33. The van der Waals surface area contributed by atoms with Gasteiger partial charge >= 0.3 is 0 Å². The molecule has 43 heavy (non-hydrogen) atoms. The van der Waals surface area contributed by atoms with Gasteiger partial charge in [0.05, 0.1) is 18.6 Å². The number of fused-ring (bicyclic) bond motifs is 1. The summed E-state index contributed by atoms with van der Waals surface area (Å²) in [5.41, 5.74) is 3.08. The van der Waals surface area contributed by atoms with Crippen molar-refractivity contribution in [1.82, 2.24) is 30.0 Å². The van der Waals surface area contributed by atoms with Gasteiger partial charge in [0, 0.05) is 35.6 Å². The molecule has 9 nitrogen and oxygen atoms in total. The van der Waals surface area contributed by atoms with Crippen LogP contribution in [0.15, 0.2) is 83.9 Å². The predicted molar refractivity (Wildman–Crippen MR) is 160 cm³/mol. The zero-order chi connectivity index (χ0) is 30.3. The number of aromatic nitrogens is 4. The number of hydrogen-bond acceptors (Lipinski definition) is 7. The van der Waals surface area contributed by atoms with E-state index < -0.39 is 23.1 Å². The second-order valence-corrected chi connectivity index (χ2v) is 9.97. The molecule has 0 atom stereocenters. The number of carbonyl (C=O) groups excluding carboxylic acids is 1. The van der Waals surface area contributed by atoms with Crippen molar-refractivity contribution in [1.29, 1.82) is 0 Å². The van der Waals surface area contributed by atoms with Gasteiger partial charge < -0.3 is 15.5 Å². The van der Waals surface area contributed by atoms with Crippen molar-refractivity contribution in [3.05, 3.63) is 123 Å². The first kappa shape index (κ1) is 29.0. The van der Waals surface area contributed by atoms with Crippen LogP contribution in [0.5, 0.6) is 0 Å². The van der Waals surface area contributed by atoms with Crippen molar-refractivity contribution in [2.45, 2.75) is 13.1 Å². The Labute approximate surface area is 246 Å². The van der Waals surface area contributed by atoms with Crippen LogP contribution >= 0.6 is 0 Å². The van der Waals surface area contributed by atoms with Crippen LogP contribution in [0.2, 0.25) is 0 Å². The van der Waals surface area contributed by atoms with E-state index in [4.69, 9.17) is 0 Å². The highest BCUT2D eigenvalue weighted by Crippen LogP contribution is 2.18. The van der Waals surface area contributed by atoms with Crippen LogP contribution in [0.1, 0.15) is 27.0 Å². The van der Waals surface area contributed by atoms with Crippen LogP contribution in [-0.4, -0.2) is 51.2 Å². The van der Waals surface area contributed by atoms with Crippen molar-refractivity contribution >= 4 is 28.4 Å². The molecule has 5 aromatic rings.